The molecule has 0 radical (unpaired) electrons. The molecule has 1 aromatic rings. The molecule has 0 aromatic heterocycles. The highest BCUT2D eigenvalue weighted by Crippen LogP contribution is 2.22. The number of hydrogen-bond acceptors (Lipinski definition) is 2. The number of aliphatic hydroxyl groups excluding tert-OH is 1. The van der Waals surface area contributed by atoms with E-state index in [1.165, 1.54) is 13.2 Å². The highest BCUT2D eigenvalue weighted by Gasteiger charge is 2.04. The number of aliphatic hydroxyl groups is 1. The summed E-state index contributed by atoms with van der Waals surface area (Å²) in [4.78, 5) is 0. The maximum absolute atomic E-state index is 13.3. The number of ether oxygens (including phenoxy) is 1. The Labute approximate surface area is 89.0 Å². The van der Waals surface area contributed by atoms with E-state index >= 15 is 0 Å². The summed E-state index contributed by atoms with van der Waals surface area (Å²) >= 11 is 0. The summed E-state index contributed by atoms with van der Waals surface area (Å²) in [5.74, 6) is -0.170. The molecule has 0 aliphatic heterocycles. The first-order chi connectivity index (χ1) is 7.04. The van der Waals surface area contributed by atoms with Crippen LogP contribution in [-0.2, 0) is 0 Å². The first kappa shape index (κ1) is 11.7. The zero-order chi connectivity index (χ0) is 11.4. The van der Waals surface area contributed by atoms with Crippen molar-refractivity contribution in [1.82, 2.24) is 0 Å². The van der Waals surface area contributed by atoms with Crippen LogP contribution in [0.3, 0.4) is 0 Å². The lowest BCUT2D eigenvalue weighted by Crippen LogP contribution is -1.95. The fourth-order valence-electron chi connectivity index (χ4n) is 1.37. The third-order valence-corrected chi connectivity index (χ3v) is 2.10. The maximum atomic E-state index is 13.3. The molecule has 0 amide bonds. The van der Waals surface area contributed by atoms with Crippen molar-refractivity contribution in [1.29, 1.82) is 0 Å². The van der Waals surface area contributed by atoms with Gasteiger partial charge in [-0.2, -0.15) is 0 Å². The van der Waals surface area contributed by atoms with Gasteiger partial charge in [0.05, 0.1) is 13.2 Å². The molecule has 82 valence electrons. The molecule has 0 heterocycles. The van der Waals surface area contributed by atoms with Gasteiger partial charge in [-0.1, -0.05) is 12.1 Å². The lowest BCUT2D eigenvalue weighted by Gasteiger charge is -2.06. The van der Waals surface area contributed by atoms with E-state index in [1.54, 1.807) is 25.1 Å². The fourth-order valence-corrected chi connectivity index (χ4v) is 1.37. The molecular formula is C12H15FO2. The Hall–Kier alpha value is -1.35. The van der Waals surface area contributed by atoms with Gasteiger partial charge in [0, 0.05) is 0 Å². The van der Waals surface area contributed by atoms with Crippen LogP contribution in [0, 0.1) is 5.82 Å². The fraction of sp³-hybridized carbons (Fsp3) is 0.333. The van der Waals surface area contributed by atoms with Crippen molar-refractivity contribution >= 4 is 5.57 Å². The summed E-state index contributed by atoms with van der Waals surface area (Å²) in [5, 5.41) is 9.16. The van der Waals surface area contributed by atoms with Crippen molar-refractivity contribution in [3.63, 3.8) is 0 Å². The second-order valence-electron chi connectivity index (χ2n) is 3.44. The number of halogens is 1. The van der Waals surface area contributed by atoms with E-state index in [1.807, 2.05) is 6.92 Å². The Kier molecular flexibility index (Phi) is 3.86. The second-order valence-corrected chi connectivity index (χ2v) is 3.44. The quantitative estimate of drug-likeness (QED) is 0.831. The van der Waals surface area contributed by atoms with Crippen LogP contribution in [0.2, 0.25) is 0 Å². The van der Waals surface area contributed by atoms with Gasteiger partial charge in [0.2, 0.25) is 0 Å². The summed E-state index contributed by atoms with van der Waals surface area (Å²) in [6.07, 6.45) is 1.14. The molecule has 0 saturated heterocycles. The second kappa shape index (κ2) is 4.94. The Balaban J connectivity index is 3.02. The van der Waals surface area contributed by atoms with Crippen molar-refractivity contribution in [3.05, 3.63) is 35.7 Å². The normalized spacial score (nSPS) is 13.8. The number of benzene rings is 1. The lowest BCUT2D eigenvalue weighted by atomic mass is 10.1. The van der Waals surface area contributed by atoms with Gasteiger partial charge in [0.15, 0.2) is 11.6 Å². The molecule has 1 atom stereocenters. The van der Waals surface area contributed by atoms with Gasteiger partial charge in [-0.05, 0) is 37.1 Å². The van der Waals surface area contributed by atoms with Crippen LogP contribution in [0.1, 0.15) is 19.4 Å². The van der Waals surface area contributed by atoms with Crippen LogP contribution in [0.5, 0.6) is 5.75 Å². The topological polar surface area (TPSA) is 29.5 Å². The molecule has 2 nitrogen and oxygen atoms in total. The molecule has 0 aliphatic rings. The highest BCUT2D eigenvalue weighted by atomic mass is 19.1. The smallest absolute Gasteiger partial charge is 0.165 e. The number of rotatable bonds is 3. The van der Waals surface area contributed by atoms with Crippen molar-refractivity contribution in [3.8, 4) is 5.75 Å². The monoisotopic (exact) mass is 210 g/mol. The Morgan fingerprint density at radius 2 is 2.20 bits per heavy atom. The van der Waals surface area contributed by atoms with Crippen LogP contribution in [0.4, 0.5) is 4.39 Å². The van der Waals surface area contributed by atoms with Gasteiger partial charge in [-0.15, -0.1) is 0 Å². The minimum absolute atomic E-state index is 0.226. The van der Waals surface area contributed by atoms with Crippen molar-refractivity contribution in [2.75, 3.05) is 7.11 Å². The summed E-state index contributed by atoms with van der Waals surface area (Å²) in [5.41, 5.74) is 1.58. The number of allylic oxidation sites excluding steroid dienone is 1. The average molecular weight is 210 g/mol. The Bertz CT molecular complexity index is 370. The van der Waals surface area contributed by atoms with Gasteiger partial charge in [-0.25, -0.2) is 4.39 Å². The van der Waals surface area contributed by atoms with Gasteiger partial charge in [0.25, 0.3) is 0 Å². The molecule has 1 N–H and O–H groups in total. The molecule has 1 aromatic carbocycles. The van der Waals surface area contributed by atoms with Crippen LogP contribution in [0.25, 0.3) is 5.57 Å². The first-order valence-electron chi connectivity index (χ1n) is 4.75. The van der Waals surface area contributed by atoms with Crippen molar-refractivity contribution < 1.29 is 14.2 Å². The Morgan fingerprint density at radius 3 is 2.67 bits per heavy atom. The van der Waals surface area contributed by atoms with E-state index in [-0.39, 0.29) is 5.75 Å². The minimum Gasteiger partial charge on any atom is -0.494 e. The van der Waals surface area contributed by atoms with Gasteiger partial charge in [0.1, 0.15) is 0 Å². The van der Waals surface area contributed by atoms with Crippen molar-refractivity contribution in [2.45, 2.75) is 20.0 Å². The van der Waals surface area contributed by atoms with Crippen LogP contribution >= 0.6 is 0 Å². The molecule has 0 fully saturated rings. The van der Waals surface area contributed by atoms with Crippen LogP contribution in [-0.4, -0.2) is 18.3 Å². The molecule has 3 heteroatoms. The summed E-state index contributed by atoms with van der Waals surface area (Å²) in [6.45, 7) is 3.48. The van der Waals surface area contributed by atoms with E-state index in [9.17, 15) is 4.39 Å². The largest absolute Gasteiger partial charge is 0.494 e. The molecular weight excluding hydrogens is 195 g/mol. The molecule has 0 spiro atoms. The highest BCUT2D eigenvalue weighted by molar-refractivity contribution is 5.64. The predicted molar refractivity (Wildman–Crippen MR) is 58.3 cm³/mol. The first-order valence-corrected chi connectivity index (χ1v) is 4.75. The van der Waals surface area contributed by atoms with E-state index in [0.29, 0.717) is 0 Å². The van der Waals surface area contributed by atoms with E-state index in [4.69, 9.17) is 9.84 Å². The van der Waals surface area contributed by atoms with Crippen LogP contribution < -0.4 is 4.74 Å². The van der Waals surface area contributed by atoms with Gasteiger partial charge in [-0.3, -0.25) is 0 Å². The maximum Gasteiger partial charge on any atom is 0.165 e. The molecule has 1 unspecified atom stereocenters. The molecule has 0 saturated carbocycles. The molecule has 0 bridgehead atoms. The summed E-state index contributed by atoms with van der Waals surface area (Å²) < 4.78 is 18.2. The SMILES string of the molecule is COc1ccc(/C(C)=C/C(C)O)cc1F. The molecule has 1 rings (SSSR count). The summed E-state index contributed by atoms with van der Waals surface area (Å²) in [7, 11) is 1.43. The zero-order valence-corrected chi connectivity index (χ0v) is 9.12. The average Bonchev–Trinajstić information content (AvgIpc) is 2.16. The van der Waals surface area contributed by atoms with Crippen molar-refractivity contribution in [2.24, 2.45) is 0 Å². The van der Waals surface area contributed by atoms with Crippen LogP contribution in [0.15, 0.2) is 24.3 Å². The van der Waals surface area contributed by atoms with Gasteiger partial charge < -0.3 is 9.84 Å². The number of methoxy groups -OCH3 is 1. The lowest BCUT2D eigenvalue weighted by molar-refractivity contribution is 0.244. The third-order valence-electron chi connectivity index (χ3n) is 2.10. The number of hydrogen-bond donors (Lipinski definition) is 1. The van der Waals surface area contributed by atoms with E-state index in [2.05, 4.69) is 0 Å². The predicted octanol–water partition coefficient (Wildman–Crippen LogP) is 2.62. The Morgan fingerprint density at radius 1 is 1.53 bits per heavy atom. The van der Waals surface area contributed by atoms with Gasteiger partial charge >= 0.3 is 0 Å². The third kappa shape index (κ3) is 3.06. The molecule has 0 aliphatic carbocycles. The van der Waals surface area contributed by atoms with E-state index in [0.717, 1.165) is 11.1 Å². The standard InChI is InChI=1S/C12H15FO2/c1-8(6-9(2)14)10-4-5-12(15-3)11(13)7-10/h4-7,9,14H,1-3H3/b8-6+. The molecule has 15 heavy (non-hydrogen) atoms. The summed E-state index contributed by atoms with van der Waals surface area (Å²) in [6, 6.07) is 4.73. The minimum atomic E-state index is -0.532. The van der Waals surface area contributed by atoms with E-state index < -0.39 is 11.9 Å². The zero-order valence-electron chi connectivity index (χ0n) is 9.12.